The van der Waals surface area contributed by atoms with Crippen molar-refractivity contribution >= 4 is 9.84 Å². The van der Waals surface area contributed by atoms with E-state index in [0.29, 0.717) is 12.3 Å². The third-order valence-corrected chi connectivity index (χ3v) is 5.47. The molecule has 0 radical (unpaired) electrons. The maximum Gasteiger partial charge on any atom is 0.150 e. The molecular formula is C15H22O3S. The molecule has 2 unspecified atom stereocenters. The van der Waals surface area contributed by atoms with Crippen molar-refractivity contribution in [2.24, 2.45) is 11.8 Å². The van der Waals surface area contributed by atoms with E-state index in [1.807, 2.05) is 24.3 Å². The Morgan fingerprint density at radius 1 is 1.26 bits per heavy atom. The molecule has 0 saturated carbocycles. The number of aliphatic hydroxyl groups excluding tert-OH is 1. The van der Waals surface area contributed by atoms with Gasteiger partial charge in [-0.1, -0.05) is 38.1 Å². The van der Waals surface area contributed by atoms with Crippen LogP contribution in [0.2, 0.25) is 0 Å². The normalized spacial score (nSPS) is 23.7. The van der Waals surface area contributed by atoms with E-state index in [4.69, 9.17) is 0 Å². The molecule has 1 fully saturated rings. The lowest BCUT2D eigenvalue weighted by molar-refractivity contribution is 0.121. The smallest absolute Gasteiger partial charge is 0.150 e. The van der Waals surface area contributed by atoms with Gasteiger partial charge in [0.05, 0.1) is 17.6 Å². The molecule has 2 rings (SSSR count). The molecule has 2 atom stereocenters. The summed E-state index contributed by atoms with van der Waals surface area (Å²) >= 11 is 0. The van der Waals surface area contributed by atoms with Gasteiger partial charge in [-0.2, -0.15) is 0 Å². The molecule has 4 heteroatoms. The first kappa shape index (κ1) is 14.5. The lowest BCUT2D eigenvalue weighted by atomic mass is 9.93. The Bertz CT molecular complexity index is 517. The molecule has 1 aliphatic rings. The van der Waals surface area contributed by atoms with Crippen molar-refractivity contribution in [3.05, 3.63) is 35.4 Å². The molecular weight excluding hydrogens is 260 g/mol. The van der Waals surface area contributed by atoms with Gasteiger partial charge in [-0.25, -0.2) is 8.42 Å². The SMILES string of the molecule is CC(C)Cc1ccc(C(O)C2CCS(=O)(=O)C2)cc1. The van der Waals surface area contributed by atoms with Gasteiger partial charge in [0.1, 0.15) is 0 Å². The monoisotopic (exact) mass is 282 g/mol. The van der Waals surface area contributed by atoms with Crippen LogP contribution in [0.25, 0.3) is 0 Å². The van der Waals surface area contributed by atoms with Crippen molar-refractivity contribution in [2.75, 3.05) is 11.5 Å². The summed E-state index contributed by atoms with van der Waals surface area (Å²) in [6.45, 7) is 4.35. The van der Waals surface area contributed by atoms with Crippen LogP contribution in [-0.2, 0) is 16.3 Å². The molecule has 0 spiro atoms. The topological polar surface area (TPSA) is 54.4 Å². The second-order valence-corrected chi connectivity index (χ2v) is 8.18. The van der Waals surface area contributed by atoms with Crippen molar-refractivity contribution in [3.63, 3.8) is 0 Å². The van der Waals surface area contributed by atoms with Crippen molar-refractivity contribution in [1.82, 2.24) is 0 Å². The average molecular weight is 282 g/mol. The molecule has 19 heavy (non-hydrogen) atoms. The summed E-state index contributed by atoms with van der Waals surface area (Å²) in [5.74, 6) is 0.777. The van der Waals surface area contributed by atoms with Gasteiger partial charge < -0.3 is 5.11 Å². The van der Waals surface area contributed by atoms with E-state index in [9.17, 15) is 13.5 Å². The van der Waals surface area contributed by atoms with Crippen LogP contribution in [0.15, 0.2) is 24.3 Å². The minimum Gasteiger partial charge on any atom is -0.388 e. The zero-order chi connectivity index (χ0) is 14.0. The van der Waals surface area contributed by atoms with Gasteiger partial charge in [0.15, 0.2) is 9.84 Å². The van der Waals surface area contributed by atoms with Crippen LogP contribution >= 0.6 is 0 Å². The van der Waals surface area contributed by atoms with Gasteiger partial charge in [-0.05, 0) is 29.9 Å². The third kappa shape index (κ3) is 3.80. The number of rotatable bonds is 4. The summed E-state index contributed by atoms with van der Waals surface area (Å²) in [7, 11) is -2.93. The molecule has 3 nitrogen and oxygen atoms in total. The first-order valence-electron chi connectivity index (χ1n) is 6.85. The second kappa shape index (κ2) is 5.63. The quantitative estimate of drug-likeness (QED) is 0.922. The van der Waals surface area contributed by atoms with E-state index in [0.717, 1.165) is 12.0 Å². The lowest BCUT2D eigenvalue weighted by Gasteiger charge is -2.17. The second-order valence-electron chi connectivity index (χ2n) is 5.95. The van der Waals surface area contributed by atoms with Crippen molar-refractivity contribution < 1.29 is 13.5 Å². The molecule has 0 aromatic heterocycles. The van der Waals surface area contributed by atoms with Crippen LogP contribution in [-0.4, -0.2) is 25.0 Å². The summed E-state index contributed by atoms with van der Waals surface area (Å²) in [6.07, 6.45) is 0.927. The first-order valence-corrected chi connectivity index (χ1v) is 8.67. The molecule has 1 N–H and O–H groups in total. The van der Waals surface area contributed by atoms with Gasteiger partial charge in [0.2, 0.25) is 0 Å². The van der Waals surface area contributed by atoms with Crippen LogP contribution in [0.1, 0.15) is 37.5 Å². The summed E-state index contributed by atoms with van der Waals surface area (Å²) in [4.78, 5) is 0. The highest BCUT2D eigenvalue weighted by atomic mass is 32.2. The van der Waals surface area contributed by atoms with E-state index in [-0.39, 0.29) is 17.4 Å². The lowest BCUT2D eigenvalue weighted by Crippen LogP contribution is -2.14. The van der Waals surface area contributed by atoms with Crippen LogP contribution < -0.4 is 0 Å². The van der Waals surface area contributed by atoms with Gasteiger partial charge >= 0.3 is 0 Å². The predicted octanol–water partition coefficient (Wildman–Crippen LogP) is 2.35. The molecule has 1 aromatic carbocycles. The van der Waals surface area contributed by atoms with Crippen LogP contribution in [0.4, 0.5) is 0 Å². The largest absolute Gasteiger partial charge is 0.388 e. The Morgan fingerprint density at radius 3 is 2.37 bits per heavy atom. The van der Waals surface area contributed by atoms with Crippen molar-refractivity contribution in [2.45, 2.75) is 32.8 Å². The van der Waals surface area contributed by atoms with Gasteiger partial charge in [-0.15, -0.1) is 0 Å². The Labute approximate surface area is 115 Å². The number of hydrogen-bond acceptors (Lipinski definition) is 3. The highest BCUT2D eigenvalue weighted by molar-refractivity contribution is 7.91. The molecule has 1 aromatic rings. The highest BCUT2D eigenvalue weighted by Gasteiger charge is 2.33. The maximum absolute atomic E-state index is 11.4. The average Bonchev–Trinajstić information content (AvgIpc) is 2.69. The summed E-state index contributed by atoms with van der Waals surface area (Å²) < 4.78 is 22.9. The molecule has 0 bridgehead atoms. The molecule has 106 valence electrons. The minimum absolute atomic E-state index is 0.113. The Morgan fingerprint density at radius 2 is 1.89 bits per heavy atom. The van der Waals surface area contributed by atoms with Crippen LogP contribution in [0.5, 0.6) is 0 Å². The molecule has 1 saturated heterocycles. The van der Waals surface area contributed by atoms with Crippen molar-refractivity contribution in [3.8, 4) is 0 Å². The Kier molecular flexibility index (Phi) is 4.31. The van der Waals surface area contributed by atoms with Gasteiger partial charge in [-0.3, -0.25) is 0 Å². The number of benzene rings is 1. The molecule has 1 heterocycles. The predicted molar refractivity (Wildman–Crippen MR) is 76.7 cm³/mol. The standard InChI is InChI=1S/C15H22O3S/c1-11(2)9-12-3-5-13(6-4-12)15(16)14-7-8-19(17,18)10-14/h3-6,11,14-16H,7-10H2,1-2H3. The minimum atomic E-state index is -2.93. The molecule has 1 aliphatic heterocycles. The zero-order valence-corrected chi connectivity index (χ0v) is 12.4. The van der Waals surface area contributed by atoms with E-state index in [2.05, 4.69) is 13.8 Å². The molecule has 0 amide bonds. The third-order valence-electron chi connectivity index (χ3n) is 3.68. The fourth-order valence-corrected chi connectivity index (χ4v) is 4.50. The Balaban J connectivity index is 2.06. The zero-order valence-electron chi connectivity index (χ0n) is 11.5. The van der Waals surface area contributed by atoms with Crippen LogP contribution in [0, 0.1) is 11.8 Å². The number of aliphatic hydroxyl groups is 1. The van der Waals surface area contributed by atoms with Crippen molar-refractivity contribution in [1.29, 1.82) is 0 Å². The number of sulfone groups is 1. The van der Waals surface area contributed by atoms with E-state index >= 15 is 0 Å². The first-order chi connectivity index (χ1) is 8.87. The highest BCUT2D eigenvalue weighted by Crippen LogP contribution is 2.31. The summed E-state index contributed by atoms with van der Waals surface area (Å²) in [6, 6.07) is 7.91. The van der Waals surface area contributed by atoms with E-state index < -0.39 is 15.9 Å². The maximum atomic E-state index is 11.4. The fourth-order valence-electron chi connectivity index (χ4n) is 2.67. The number of hydrogen-bond donors (Lipinski definition) is 1. The fraction of sp³-hybridized carbons (Fsp3) is 0.600. The Hall–Kier alpha value is -0.870. The van der Waals surface area contributed by atoms with Crippen LogP contribution in [0.3, 0.4) is 0 Å². The van der Waals surface area contributed by atoms with Gasteiger partial charge in [0, 0.05) is 5.92 Å². The van der Waals surface area contributed by atoms with E-state index in [1.165, 1.54) is 5.56 Å². The summed E-state index contributed by atoms with van der Waals surface area (Å²) in [5.41, 5.74) is 2.08. The van der Waals surface area contributed by atoms with Gasteiger partial charge in [0.25, 0.3) is 0 Å². The molecule has 0 aliphatic carbocycles. The summed E-state index contributed by atoms with van der Waals surface area (Å²) in [5, 5.41) is 10.3. The van der Waals surface area contributed by atoms with E-state index in [1.54, 1.807) is 0 Å².